The molecule has 1 unspecified atom stereocenters. The van der Waals surface area contributed by atoms with Gasteiger partial charge in [0, 0.05) is 33.1 Å². The van der Waals surface area contributed by atoms with Crippen molar-refractivity contribution >= 4 is 32.9 Å². The maximum Gasteiger partial charge on any atom is 0.307 e. The molecule has 1 aromatic heterocycles. The largest absolute Gasteiger partial charge is 0.454 e. The van der Waals surface area contributed by atoms with Gasteiger partial charge in [0.2, 0.25) is 16.8 Å². The summed E-state index contributed by atoms with van der Waals surface area (Å²) in [5.41, 5.74) is 2.11. The Labute approximate surface area is 221 Å². The average molecular weight is 545 g/mol. The van der Waals surface area contributed by atoms with Gasteiger partial charge in [-0.25, -0.2) is 13.4 Å². The first-order chi connectivity index (χ1) is 18.1. The van der Waals surface area contributed by atoms with Crippen molar-refractivity contribution in [2.75, 3.05) is 19.9 Å². The topological polar surface area (TPSA) is 129 Å². The van der Waals surface area contributed by atoms with Crippen LogP contribution in [0.3, 0.4) is 0 Å². The number of esters is 1. The number of benzene rings is 2. The smallest absolute Gasteiger partial charge is 0.307 e. The Morgan fingerprint density at radius 1 is 1.13 bits per heavy atom. The summed E-state index contributed by atoms with van der Waals surface area (Å²) in [4.78, 5) is 29.6. The molecule has 0 spiro atoms. The molecule has 2 heterocycles. The SMILES string of the molecule is CCN(CC)S(=O)(=O)c1ccc2c(c1)nc(CCC(=O)OC(C)C(=O)NCc1ccc3c(c1)OCO3)n2C. The van der Waals surface area contributed by atoms with Gasteiger partial charge in [0.05, 0.1) is 22.3 Å². The first kappa shape index (κ1) is 27.4. The van der Waals surface area contributed by atoms with E-state index in [0.717, 1.165) is 11.1 Å². The van der Waals surface area contributed by atoms with E-state index < -0.39 is 28.0 Å². The van der Waals surface area contributed by atoms with Crippen LogP contribution in [-0.4, -0.2) is 60.1 Å². The summed E-state index contributed by atoms with van der Waals surface area (Å²) in [6, 6.07) is 10.2. The minimum Gasteiger partial charge on any atom is -0.454 e. The molecule has 1 aliphatic rings. The van der Waals surface area contributed by atoms with E-state index in [-0.39, 0.29) is 31.1 Å². The highest BCUT2D eigenvalue weighted by atomic mass is 32.2. The van der Waals surface area contributed by atoms with Crippen LogP contribution >= 0.6 is 0 Å². The standard InChI is InChI=1S/C26H32N4O7S/c1-5-30(6-2)38(33,34)19-8-9-21-20(14-19)28-24(29(21)4)11-12-25(31)37-17(3)26(32)27-15-18-7-10-22-23(13-18)36-16-35-22/h7-10,13-14,17H,5-6,11-12,15-16H2,1-4H3,(H,27,32). The van der Waals surface area contributed by atoms with Gasteiger partial charge >= 0.3 is 5.97 Å². The summed E-state index contributed by atoms with van der Waals surface area (Å²) in [5.74, 6) is 0.940. The lowest BCUT2D eigenvalue weighted by Gasteiger charge is -2.18. The van der Waals surface area contributed by atoms with E-state index in [1.165, 1.54) is 11.2 Å². The molecular formula is C26H32N4O7S. The number of amides is 1. The van der Waals surface area contributed by atoms with Gasteiger partial charge in [0.25, 0.3) is 5.91 Å². The normalized spacial score (nSPS) is 13.6. The highest BCUT2D eigenvalue weighted by Crippen LogP contribution is 2.32. The van der Waals surface area contributed by atoms with E-state index in [4.69, 9.17) is 14.2 Å². The van der Waals surface area contributed by atoms with Crippen LogP contribution in [0.15, 0.2) is 41.3 Å². The Morgan fingerprint density at radius 2 is 1.87 bits per heavy atom. The van der Waals surface area contributed by atoms with Crippen molar-refractivity contribution in [1.82, 2.24) is 19.2 Å². The second-order valence-electron chi connectivity index (χ2n) is 8.86. The van der Waals surface area contributed by atoms with Gasteiger partial charge in [-0.3, -0.25) is 9.59 Å². The summed E-state index contributed by atoms with van der Waals surface area (Å²) < 4.78 is 44.9. The maximum absolute atomic E-state index is 12.9. The molecule has 1 aliphatic heterocycles. The molecule has 2 aromatic carbocycles. The Bertz CT molecular complexity index is 1450. The zero-order chi connectivity index (χ0) is 27.4. The first-order valence-corrected chi connectivity index (χ1v) is 13.9. The van der Waals surface area contributed by atoms with Gasteiger partial charge in [-0.2, -0.15) is 4.31 Å². The quantitative estimate of drug-likeness (QED) is 0.365. The molecular weight excluding hydrogens is 512 g/mol. The van der Waals surface area contributed by atoms with Gasteiger partial charge in [0.1, 0.15) is 5.82 Å². The molecule has 0 fully saturated rings. The number of nitrogens with one attached hydrogen (secondary N) is 1. The van der Waals surface area contributed by atoms with Crippen LogP contribution in [0.25, 0.3) is 11.0 Å². The first-order valence-electron chi connectivity index (χ1n) is 12.4. The maximum atomic E-state index is 12.9. The van der Waals surface area contributed by atoms with Crippen molar-refractivity contribution in [2.45, 2.75) is 51.2 Å². The fraction of sp³-hybridized carbons (Fsp3) is 0.423. The van der Waals surface area contributed by atoms with Crippen molar-refractivity contribution in [2.24, 2.45) is 7.05 Å². The van der Waals surface area contributed by atoms with Gasteiger partial charge in [-0.1, -0.05) is 19.9 Å². The summed E-state index contributed by atoms with van der Waals surface area (Å²) in [5, 5.41) is 2.75. The number of aromatic nitrogens is 2. The molecule has 1 atom stereocenters. The second-order valence-corrected chi connectivity index (χ2v) is 10.8. The third-order valence-electron chi connectivity index (χ3n) is 6.42. The molecule has 38 heavy (non-hydrogen) atoms. The van der Waals surface area contributed by atoms with Crippen LogP contribution in [0, 0.1) is 0 Å². The number of hydrogen-bond donors (Lipinski definition) is 1. The number of imidazole rings is 1. The summed E-state index contributed by atoms with van der Waals surface area (Å²) in [6.45, 7) is 6.28. The number of hydrogen-bond acceptors (Lipinski definition) is 8. The molecule has 12 heteroatoms. The molecule has 0 saturated heterocycles. The average Bonchev–Trinajstić information content (AvgIpc) is 3.49. The molecule has 0 aliphatic carbocycles. The summed E-state index contributed by atoms with van der Waals surface area (Å²) >= 11 is 0. The van der Waals surface area contributed by atoms with E-state index in [2.05, 4.69) is 10.3 Å². The van der Waals surface area contributed by atoms with E-state index in [0.29, 0.717) is 35.9 Å². The Hall–Kier alpha value is -3.64. The molecule has 3 aromatic rings. The fourth-order valence-electron chi connectivity index (χ4n) is 4.23. The molecule has 11 nitrogen and oxygen atoms in total. The van der Waals surface area contributed by atoms with E-state index in [1.807, 2.05) is 10.6 Å². The third kappa shape index (κ3) is 5.76. The number of fused-ring (bicyclic) bond motifs is 2. The zero-order valence-corrected chi connectivity index (χ0v) is 22.7. The van der Waals surface area contributed by atoms with Gasteiger partial charge in [-0.15, -0.1) is 0 Å². The third-order valence-corrected chi connectivity index (χ3v) is 8.47. The number of nitrogens with zero attached hydrogens (tertiary/aromatic N) is 3. The van der Waals surface area contributed by atoms with Crippen molar-refractivity contribution < 1.29 is 32.2 Å². The van der Waals surface area contributed by atoms with Gasteiger partial charge in [-0.05, 0) is 42.8 Å². The van der Waals surface area contributed by atoms with E-state index in [9.17, 15) is 18.0 Å². The highest BCUT2D eigenvalue weighted by Gasteiger charge is 2.23. The molecule has 4 rings (SSSR count). The van der Waals surface area contributed by atoms with Crippen LogP contribution in [-0.2, 0) is 44.4 Å². The summed E-state index contributed by atoms with van der Waals surface area (Å²) in [6.07, 6.45) is -0.681. The summed E-state index contributed by atoms with van der Waals surface area (Å²) in [7, 11) is -1.80. The molecule has 1 amide bonds. The molecule has 204 valence electrons. The second kappa shape index (κ2) is 11.4. The minimum absolute atomic E-state index is 0.0154. The number of rotatable bonds is 11. The van der Waals surface area contributed by atoms with Crippen LogP contribution < -0.4 is 14.8 Å². The molecule has 0 radical (unpaired) electrons. The number of aryl methyl sites for hydroxylation is 2. The number of carbonyl (C=O) groups is 2. The Morgan fingerprint density at radius 3 is 2.61 bits per heavy atom. The monoisotopic (exact) mass is 544 g/mol. The number of carbonyl (C=O) groups excluding carboxylic acids is 2. The molecule has 0 bridgehead atoms. The highest BCUT2D eigenvalue weighted by molar-refractivity contribution is 7.89. The zero-order valence-electron chi connectivity index (χ0n) is 21.9. The van der Waals surface area contributed by atoms with Crippen LogP contribution in [0.2, 0.25) is 0 Å². The molecule has 1 N–H and O–H groups in total. The van der Waals surface area contributed by atoms with Gasteiger partial charge < -0.3 is 24.1 Å². The minimum atomic E-state index is -3.61. The van der Waals surface area contributed by atoms with Crippen molar-refractivity contribution in [1.29, 1.82) is 0 Å². The van der Waals surface area contributed by atoms with E-state index in [1.54, 1.807) is 51.2 Å². The van der Waals surface area contributed by atoms with Crippen molar-refractivity contribution in [3.05, 3.63) is 47.8 Å². The number of sulfonamides is 1. The lowest BCUT2D eigenvalue weighted by Crippen LogP contribution is -2.35. The lowest BCUT2D eigenvalue weighted by atomic mass is 10.2. The predicted octanol–water partition coefficient (Wildman–Crippen LogP) is 2.51. The van der Waals surface area contributed by atoms with Crippen LogP contribution in [0.1, 0.15) is 38.6 Å². The Balaban J connectivity index is 1.32. The predicted molar refractivity (Wildman–Crippen MR) is 139 cm³/mol. The molecule has 0 saturated carbocycles. The van der Waals surface area contributed by atoms with Crippen LogP contribution in [0.4, 0.5) is 0 Å². The van der Waals surface area contributed by atoms with E-state index >= 15 is 0 Å². The lowest BCUT2D eigenvalue weighted by molar-refractivity contribution is -0.154. The fourth-order valence-corrected chi connectivity index (χ4v) is 5.71. The number of ether oxygens (including phenoxy) is 3. The van der Waals surface area contributed by atoms with Crippen molar-refractivity contribution in [3.63, 3.8) is 0 Å². The Kier molecular flexibility index (Phi) is 8.22. The van der Waals surface area contributed by atoms with Crippen LogP contribution in [0.5, 0.6) is 11.5 Å². The van der Waals surface area contributed by atoms with Gasteiger partial charge in [0.15, 0.2) is 17.6 Å². The van der Waals surface area contributed by atoms with Crippen molar-refractivity contribution in [3.8, 4) is 11.5 Å².